The largest absolute Gasteiger partial charge is 0.485 e. The van der Waals surface area contributed by atoms with Crippen LogP contribution >= 0.6 is 0 Å². The zero-order valence-electron chi connectivity index (χ0n) is 19.4. The van der Waals surface area contributed by atoms with Crippen molar-refractivity contribution in [1.29, 1.82) is 0 Å². The molecule has 1 heterocycles. The van der Waals surface area contributed by atoms with Gasteiger partial charge in [0.15, 0.2) is 19.0 Å². The van der Waals surface area contributed by atoms with Crippen LogP contribution in [-0.2, 0) is 9.59 Å². The minimum absolute atomic E-state index is 0.0462. The third kappa shape index (κ3) is 6.79. The predicted octanol–water partition coefficient (Wildman–Crippen LogP) is 2.44. The highest BCUT2D eigenvalue weighted by Gasteiger charge is 2.26. The van der Waals surface area contributed by atoms with Crippen LogP contribution in [0.2, 0.25) is 0 Å². The standard InChI is InChI=1S/C25H31N3O5/c1-18-7-4-5-8-22(18)32-16-21(29)19-10-11-23-20(15-19)28(25(31)17-33-23)13-6-9-24(30)26-12-14-27(2)3/h4-5,7-8,10-11,15H,6,9,12-14,16-17H2,1-3H3,(H,26,30). The Kier molecular flexibility index (Phi) is 8.43. The van der Waals surface area contributed by atoms with Gasteiger partial charge in [-0.3, -0.25) is 14.4 Å². The molecule has 8 heteroatoms. The Bertz CT molecular complexity index is 1010. The molecule has 1 N–H and O–H groups in total. The van der Waals surface area contributed by atoms with E-state index < -0.39 is 0 Å². The third-order valence-electron chi connectivity index (χ3n) is 5.34. The van der Waals surface area contributed by atoms with Gasteiger partial charge in [-0.2, -0.15) is 0 Å². The summed E-state index contributed by atoms with van der Waals surface area (Å²) in [6, 6.07) is 12.5. The molecule has 0 bridgehead atoms. The normalized spacial score (nSPS) is 12.8. The fourth-order valence-corrected chi connectivity index (χ4v) is 3.47. The van der Waals surface area contributed by atoms with Gasteiger partial charge >= 0.3 is 0 Å². The van der Waals surface area contributed by atoms with Gasteiger partial charge in [-0.25, -0.2) is 0 Å². The molecule has 33 heavy (non-hydrogen) atoms. The van der Waals surface area contributed by atoms with Crippen LogP contribution in [0, 0.1) is 6.92 Å². The number of anilines is 1. The lowest BCUT2D eigenvalue weighted by molar-refractivity contribution is -0.122. The van der Waals surface area contributed by atoms with Crippen LogP contribution in [0.5, 0.6) is 11.5 Å². The summed E-state index contributed by atoms with van der Waals surface area (Å²) in [7, 11) is 3.89. The molecule has 2 amide bonds. The number of likely N-dealkylation sites (N-methyl/N-ethyl adjacent to an activating group) is 1. The van der Waals surface area contributed by atoms with Gasteiger partial charge in [0.1, 0.15) is 11.5 Å². The van der Waals surface area contributed by atoms with Crippen LogP contribution in [0.25, 0.3) is 0 Å². The van der Waals surface area contributed by atoms with E-state index in [1.165, 1.54) is 0 Å². The van der Waals surface area contributed by atoms with E-state index in [0.717, 1.165) is 12.1 Å². The second kappa shape index (κ2) is 11.5. The summed E-state index contributed by atoms with van der Waals surface area (Å²) in [5.41, 5.74) is 1.93. The first-order valence-corrected chi connectivity index (χ1v) is 11.1. The smallest absolute Gasteiger partial charge is 0.265 e. The van der Waals surface area contributed by atoms with E-state index in [0.29, 0.717) is 48.7 Å². The lowest BCUT2D eigenvalue weighted by Crippen LogP contribution is -2.40. The van der Waals surface area contributed by atoms with Gasteiger partial charge in [-0.1, -0.05) is 18.2 Å². The quantitative estimate of drug-likeness (QED) is 0.526. The van der Waals surface area contributed by atoms with Gasteiger partial charge in [0.05, 0.1) is 5.69 Å². The van der Waals surface area contributed by atoms with Crippen molar-refractivity contribution in [3.05, 3.63) is 53.6 Å². The van der Waals surface area contributed by atoms with Crippen LogP contribution < -0.4 is 19.7 Å². The van der Waals surface area contributed by atoms with Crippen molar-refractivity contribution in [2.24, 2.45) is 0 Å². The topological polar surface area (TPSA) is 88.2 Å². The summed E-state index contributed by atoms with van der Waals surface area (Å²) in [6.45, 7) is 3.47. The number of hydrogen-bond acceptors (Lipinski definition) is 6. The van der Waals surface area contributed by atoms with E-state index in [1.807, 2.05) is 50.2 Å². The van der Waals surface area contributed by atoms with Crippen LogP contribution in [-0.4, -0.2) is 69.4 Å². The van der Waals surface area contributed by atoms with E-state index in [2.05, 4.69) is 5.32 Å². The molecule has 0 aliphatic carbocycles. The number of amides is 2. The maximum atomic E-state index is 12.7. The highest BCUT2D eigenvalue weighted by Crippen LogP contribution is 2.33. The Hall–Kier alpha value is -3.39. The summed E-state index contributed by atoms with van der Waals surface area (Å²) in [4.78, 5) is 40.8. The molecule has 0 spiro atoms. The first-order chi connectivity index (χ1) is 15.8. The predicted molar refractivity (Wildman–Crippen MR) is 126 cm³/mol. The Morgan fingerprint density at radius 1 is 1.18 bits per heavy atom. The summed E-state index contributed by atoms with van der Waals surface area (Å²) < 4.78 is 11.2. The Balaban J connectivity index is 1.61. The molecule has 0 unspecified atom stereocenters. The fraction of sp³-hybridized carbons (Fsp3) is 0.400. The number of carbonyl (C=O) groups excluding carboxylic acids is 3. The van der Waals surface area contributed by atoms with Crippen LogP contribution in [0.4, 0.5) is 5.69 Å². The Labute approximate surface area is 194 Å². The van der Waals surface area contributed by atoms with Crippen molar-refractivity contribution >= 4 is 23.3 Å². The SMILES string of the molecule is Cc1ccccc1OCC(=O)c1ccc2c(c1)N(CCCC(=O)NCCN(C)C)C(=O)CO2. The number of ketones is 1. The first kappa shape index (κ1) is 24.3. The van der Waals surface area contributed by atoms with E-state index in [-0.39, 0.29) is 30.8 Å². The molecule has 1 aliphatic heterocycles. The van der Waals surface area contributed by atoms with Crippen molar-refractivity contribution in [1.82, 2.24) is 10.2 Å². The van der Waals surface area contributed by atoms with Crippen LogP contribution in [0.1, 0.15) is 28.8 Å². The molecule has 0 atom stereocenters. The zero-order valence-corrected chi connectivity index (χ0v) is 19.4. The molecule has 0 fully saturated rings. The molecular formula is C25H31N3O5. The lowest BCUT2D eigenvalue weighted by atomic mass is 10.1. The van der Waals surface area contributed by atoms with Gasteiger partial charge in [-0.05, 0) is 57.3 Å². The van der Waals surface area contributed by atoms with Gasteiger partial charge in [-0.15, -0.1) is 0 Å². The molecular weight excluding hydrogens is 422 g/mol. The van der Waals surface area contributed by atoms with E-state index in [9.17, 15) is 14.4 Å². The number of hydrogen-bond donors (Lipinski definition) is 1. The Morgan fingerprint density at radius 2 is 1.97 bits per heavy atom. The van der Waals surface area contributed by atoms with E-state index in [1.54, 1.807) is 23.1 Å². The number of rotatable bonds is 11. The molecule has 0 saturated carbocycles. The summed E-state index contributed by atoms with van der Waals surface area (Å²) in [5, 5.41) is 2.87. The minimum atomic E-state index is -0.198. The summed E-state index contributed by atoms with van der Waals surface area (Å²) in [5.74, 6) is 0.764. The van der Waals surface area contributed by atoms with Crippen LogP contribution in [0.3, 0.4) is 0 Å². The molecule has 2 aromatic rings. The maximum absolute atomic E-state index is 12.7. The van der Waals surface area contributed by atoms with Gasteiger partial charge in [0, 0.05) is 31.6 Å². The highest BCUT2D eigenvalue weighted by molar-refractivity contribution is 6.02. The summed E-state index contributed by atoms with van der Waals surface area (Å²) in [6.07, 6.45) is 0.823. The van der Waals surface area contributed by atoms with E-state index in [4.69, 9.17) is 9.47 Å². The first-order valence-electron chi connectivity index (χ1n) is 11.1. The van der Waals surface area contributed by atoms with Crippen molar-refractivity contribution in [2.45, 2.75) is 19.8 Å². The minimum Gasteiger partial charge on any atom is -0.485 e. The third-order valence-corrected chi connectivity index (χ3v) is 5.34. The second-order valence-electron chi connectivity index (χ2n) is 8.25. The Morgan fingerprint density at radius 3 is 2.73 bits per heavy atom. The van der Waals surface area contributed by atoms with Gasteiger partial charge < -0.3 is 24.6 Å². The molecule has 3 rings (SSSR count). The molecule has 0 radical (unpaired) electrons. The second-order valence-corrected chi connectivity index (χ2v) is 8.25. The van der Waals surface area contributed by atoms with Crippen molar-refractivity contribution in [3.63, 3.8) is 0 Å². The monoisotopic (exact) mass is 453 g/mol. The molecule has 2 aromatic carbocycles. The van der Waals surface area contributed by atoms with Gasteiger partial charge in [0.2, 0.25) is 5.91 Å². The maximum Gasteiger partial charge on any atom is 0.265 e. The fourth-order valence-electron chi connectivity index (χ4n) is 3.47. The number of fused-ring (bicyclic) bond motifs is 1. The van der Waals surface area contributed by atoms with Crippen LogP contribution in [0.15, 0.2) is 42.5 Å². The van der Waals surface area contributed by atoms with Crippen molar-refractivity contribution in [2.75, 3.05) is 51.8 Å². The number of aryl methyl sites for hydroxylation is 1. The molecule has 176 valence electrons. The number of nitrogens with zero attached hydrogens (tertiary/aromatic N) is 2. The molecule has 8 nitrogen and oxygen atoms in total. The van der Waals surface area contributed by atoms with E-state index >= 15 is 0 Å². The number of carbonyl (C=O) groups is 3. The molecule has 0 aromatic heterocycles. The molecule has 1 aliphatic rings. The highest BCUT2D eigenvalue weighted by atomic mass is 16.5. The average Bonchev–Trinajstić information content (AvgIpc) is 2.79. The number of ether oxygens (including phenoxy) is 2. The lowest BCUT2D eigenvalue weighted by Gasteiger charge is -2.29. The van der Waals surface area contributed by atoms with Crippen molar-refractivity contribution in [3.8, 4) is 11.5 Å². The number of nitrogens with one attached hydrogen (secondary N) is 1. The number of benzene rings is 2. The number of para-hydroxylation sites is 1. The zero-order chi connectivity index (χ0) is 23.8. The van der Waals surface area contributed by atoms with Gasteiger partial charge in [0.25, 0.3) is 5.91 Å². The van der Waals surface area contributed by atoms with Crippen molar-refractivity contribution < 1.29 is 23.9 Å². The molecule has 0 saturated heterocycles. The average molecular weight is 454 g/mol. The summed E-state index contributed by atoms with van der Waals surface area (Å²) >= 11 is 0. The number of Topliss-reactive ketones (excluding diaryl/α,β-unsaturated/α-hetero) is 1.